The summed E-state index contributed by atoms with van der Waals surface area (Å²) >= 11 is 0. The summed E-state index contributed by atoms with van der Waals surface area (Å²) in [5, 5.41) is 8.61. The number of hydrogen-bond donors (Lipinski definition) is 0. The molecule has 0 bridgehead atoms. The van der Waals surface area contributed by atoms with Crippen LogP contribution in [0.5, 0.6) is 0 Å². The summed E-state index contributed by atoms with van der Waals surface area (Å²) in [5.74, 6) is 0.513. The Bertz CT molecular complexity index is 683. The fraction of sp³-hybridized carbons (Fsp3) is 0.0714. The van der Waals surface area contributed by atoms with Crippen molar-refractivity contribution in [1.29, 1.82) is 0 Å². The van der Waals surface area contributed by atoms with Crippen molar-refractivity contribution < 1.29 is 4.42 Å². The first-order chi connectivity index (χ1) is 9.81. The molecule has 0 saturated heterocycles. The molecule has 6 heteroatoms. The van der Waals surface area contributed by atoms with Gasteiger partial charge in [-0.15, -0.1) is 5.10 Å². The molecule has 2 aromatic heterocycles. The first kappa shape index (κ1) is 13.2. The Kier molecular flexibility index (Phi) is 4.03. The molecule has 0 aliphatic heterocycles. The largest absolute Gasteiger partial charge is 0.411 e. The predicted molar refractivity (Wildman–Crippen MR) is 80.4 cm³/mol. The smallest absolute Gasteiger partial charge is 0.288 e. The third kappa shape index (κ3) is 3.20. The van der Waals surface area contributed by atoms with Crippen LogP contribution in [0.2, 0.25) is 0 Å². The van der Waals surface area contributed by atoms with Gasteiger partial charge in [-0.25, -0.2) is 0 Å². The second kappa shape index (κ2) is 6.11. The van der Waals surface area contributed by atoms with Crippen LogP contribution in [0.3, 0.4) is 0 Å². The molecular formula is C14H11N3OS2. The normalized spacial score (nSPS) is 10.7. The number of pyridine rings is 1. The summed E-state index contributed by atoms with van der Waals surface area (Å²) in [6.07, 6.45) is 3.40. The van der Waals surface area contributed by atoms with Gasteiger partial charge in [0.25, 0.3) is 5.22 Å². The van der Waals surface area contributed by atoms with Crippen molar-refractivity contribution in [3.8, 4) is 11.5 Å². The zero-order valence-corrected chi connectivity index (χ0v) is 12.3. The van der Waals surface area contributed by atoms with Gasteiger partial charge in [0, 0.05) is 33.6 Å². The first-order valence-corrected chi connectivity index (χ1v) is 8.11. The van der Waals surface area contributed by atoms with Gasteiger partial charge in [0.2, 0.25) is 5.89 Å². The van der Waals surface area contributed by atoms with E-state index in [1.54, 1.807) is 23.2 Å². The summed E-state index contributed by atoms with van der Waals surface area (Å²) in [4.78, 5) is 5.12. The molecule has 20 heavy (non-hydrogen) atoms. The van der Waals surface area contributed by atoms with Crippen molar-refractivity contribution in [1.82, 2.24) is 15.2 Å². The highest BCUT2D eigenvalue weighted by Crippen LogP contribution is 2.37. The molecule has 3 rings (SSSR count). The van der Waals surface area contributed by atoms with Crippen LogP contribution in [0.1, 0.15) is 5.56 Å². The SMILES string of the molecule is Cc1ccc(SSc2nnc(-c3ccncc3)o2)cc1. The fourth-order valence-electron chi connectivity index (χ4n) is 1.53. The lowest BCUT2D eigenvalue weighted by Crippen LogP contribution is -1.77. The predicted octanol–water partition coefficient (Wildman–Crippen LogP) is 4.24. The zero-order chi connectivity index (χ0) is 13.8. The lowest BCUT2D eigenvalue weighted by atomic mass is 10.2. The molecular weight excluding hydrogens is 290 g/mol. The van der Waals surface area contributed by atoms with Crippen molar-refractivity contribution in [2.45, 2.75) is 17.0 Å². The van der Waals surface area contributed by atoms with E-state index in [4.69, 9.17) is 4.42 Å². The Morgan fingerprint density at radius 3 is 2.40 bits per heavy atom. The van der Waals surface area contributed by atoms with Gasteiger partial charge < -0.3 is 4.42 Å². The Balaban J connectivity index is 1.67. The standard InChI is InChI=1S/C14H11N3OS2/c1-10-2-4-12(5-3-10)19-20-14-17-16-13(18-14)11-6-8-15-9-7-11/h2-9H,1H3. The van der Waals surface area contributed by atoms with E-state index in [0.29, 0.717) is 11.1 Å². The first-order valence-electron chi connectivity index (χ1n) is 5.96. The topological polar surface area (TPSA) is 51.8 Å². The molecule has 0 N–H and O–H groups in total. The monoisotopic (exact) mass is 301 g/mol. The van der Waals surface area contributed by atoms with Crippen LogP contribution in [0.4, 0.5) is 0 Å². The van der Waals surface area contributed by atoms with Crippen molar-refractivity contribution in [3.63, 3.8) is 0 Å². The molecule has 1 aromatic carbocycles. The lowest BCUT2D eigenvalue weighted by molar-refractivity contribution is 0.467. The lowest BCUT2D eigenvalue weighted by Gasteiger charge is -1.97. The summed E-state index contributed by atoms with van der Waals surface area (Å²) in [6, 6.07) is 12.0. The van der Waals surface area contributed by atoms with E-state index in [0.717, 1.165) is 10.5 Å². The maximum absolute atomic E-state index is 5.61. The molecule has 3 aromatic rings. The third-order valence-corrected chi connectivity index (χ3v) is 4.67. The fourth-order valence-corrected chi connectivity index (χ4v) is 3.17. The maximum Gasteiger partial charge on any atom is 0.288 e. The molecule has 100 valence electrons. The third-order valence-electron chi connectivity index (χ3n) is 2.56. The van der Waals surface area contributed by atoms with Crippen LogP contribution < -0.4 is 0 Å². The number of aromatic nitrogens is 3. The highest BCUT2D eigenvalue weighted by atomic mass is 33.1. The van der Waals surface area contributed by atoms with Crippen LogP contribution >= 0.6 is 21.6 Å². The van der Waals surface area contributed by atoms with E-state index in [1.807, 2.05) is 12.1 Å². The summed E-state index contributed by atoms with van der Waals surface area (Å²) < 4.78 is 5.61. The van der Waals surface area contributed by atoms with Gasteiger partial charge in [-0.05, 0) is 42.0 Å². The van der Waals surface area contributed by atoms with Crippen molar-refractivity contribution in [2.24, 2.45) is 0 Å². The summed E-state index contributed by atoms with van der Waals surface area (Å²) in [7, 11) is 3.05. The van der Waals surface area contributed by atoms with Gasteiger partial charge in [0.15, 0.2) is 0 Å². The van der Waals surface area contributed by atoms with Crippen LogP contribution in [-0.2, 0) is 0 Å². The number of benzene rings is 1. The van der Waals surface area contributed by atoms with E-state index < -0.39 is 0 Å². The molecule has 0 atom stereocenters. The minimum atomic E-state index is 0.513. The molecule has 0 fully saturated rings. The van der Waals surface area contributed by atoms with Gasteiger partial charge in [-0.2, -0.15) is 0 Å². The van der Waals surface area contributed by atoms with E-state index in [1.165, 1.54) is 16.4 Å². The molecule has 2 heterocycles. The molecule has 0 saturated carbocycles. The average molecular weight is 301 g/mol. The Hall–Kier alpha value is -1.79. The van der Waals surface area contributed by atoms with Crippen LogP contribution in [0, 0.1) is 6.92 Å². The molecule has 0 aliphatic rings. The molecule has 4 nitrogen and oxygen atoms in total. The van der Waals surface area contributed by atoms with E-state index in [-0.39, 0.29) is 0 Å². The average Bonchev–Trinajstić information content (AvgIpc) is 2.97. The van der Waals surface area contributed by atoms with Crippen molar-refractivity contribution in [3.05, 3.63) is 54.4 Å². The molecule has 0 aliphatic carbocycles. The Morgan fingerprint density at radius 1 is 0.900 bits per heavy atom. The number of hydrogen-bond acceptors (Lipinski definition) is 6. The molecule has 0 unspecified atom stereocenters. The second-order valence-electron chi connectivity index (χ2n) is 4.09. The van der Waals surface area contributed by atoms with Crippen LogP contribution in [0.25, 0.3) is 11.5 Å². The number of nitrogens with zero attached hydrogens (tertiary/aromatic N) is 3. The Morgan fingerprint density at radius 2 is 1.65 bits per heavy atom. The summed E-state index contributed by atoms with van der Waals surface area (Å²) in [5.41, 5.74) is 2.12. The second-order valence-corrected chi connectivity index (χ2v) is 6.24. The van der Waals surface area contributed by atoms with Gasteiger partial charge >= 0.3 is 0 Å². The highest BCUT2D eigenvalue weighted by molar-refractivity contribution is 8.76. The Labute approximate surface area is 124 Å². The number of rotatable bonds is 4. The highest BCUT2D eigenvalue weighted by Gasteiger charge is 2.09. The van der Waals surface area contributed by atoms with Gasteiger partial charge in [0.1, 0.15) is 0 Å². The van der Waals surface area contributed by atoms with Crippen molar-refractivity contribution in [2.75, 3.05) is 0 Å². The molecule has 0 spiro atoms. The van der Waals surface area contributed by atoms with Crippen LogP contribution in [0.15, 0.2) is 63.3 Å². The van der Waals surface area contributed by atoms with Gasteiger partial charge in [-0.3, -0.25) is 4.98 Å². The zero-order valence-electron chi connectivity index (χ0n) is 10.7. The van der Waals surface area contributed by atoms with Gasteiger partial charge in [0.05, 0.1) is 0 Å². The van der Waals surface area contributed by atoms with E-state index in [2.05, 4.69) is 46.4 Å². The minimum Gasteiger partial charge on any atom is -0.411 e. The molecule has 0 radical (unpaired) electrons. The molecule has 0 amide bonds. The maximum atomic E-state index is 5.61. The number of aryl methyl sites for hydroxylation is 1. The summed E-state index contributed by atoms with van der Waals surface area (Å²) in [6.45, 7) is 2.07. The van der Waals surface area contributed by atoms with E-state index >= 15 is 0 Å². The quantitative estimate of drug-likeness (QED) is 0.672. The van der Waals surface area contributed by atoms with Gasteiger partial charge in [-0.1, -0.05) is 22.8 Å². The van der Waals surface area contributed by atoms with E-state index in [9.17, 15) is 0 Å². The van der Waals surface area contributed by atoms with Crippen LogP contribution in [-0.4, -0.2) is 15.2 Å². The van der Waals surface area contributed by atoms with Crippen molar-refractivity contribution >= 4 is 21.6 Å². The minimum absolute atomic E-state index is 0.513.